The molecule has 2 unspecified atom stereocenters. The number of carbonyl (C=O) groups is 2. The van der Waals surface area contributed by atoms with Gasteiger partial charge in [0, 0.05) is 5.92 Å². The normalized spacial score (nSPS) is 15.6. The van der Waals surface area contributed by atoms with Gasteiger partial charge < -0.3 is 10.8 Å². The van der Waals surface area contributed by atoms with Crippen molar-refractivity contribution in [1.82, 2.24) is 0 Å². The zero-order chi connectivity index (χ0) is 12.2. The third kappa shape index (κ3) is 3.86. The average molecular weight is 237 g/mol. The average Bonchev–Trinajstić information content (AvgIpc) is 2.02. The lowest BCUT2D eigenvalue weighted by atomic mass is 10.2. The molecule has 0 aliphatic heterocycles. The topological polar surface area (TPSA) is 115 Å². The van der Waals surface area contributed by atoms with Gasteiger partial charge in [0.2, 0.25) is 5.91 Å². The molecule has 0 saturated carbocycles. The van der Waals surface area contributed by atoms with E-state index in [1.807, 2.05) is 0 Å². The smallest absolute Gasteiger partial charge is 0.321 e. The fourth-order valence-corrected chi connectivity index (χ4v) is 3.04. The number of hydrogen-bond donors (Lipinski definition) is 2. The standard InChI is InChI=1S/C8H15NO5S/c1-3-6(8(11)12)15(13,14)4-5(2)7(9)10/h5-6H,3-4H2,1-2H3,(H2,9,10)(H,11,12). The van der Waals surface area contributed by atoms with Gasteiger partial charge >= 0.3 is 5.97 Å². The highest BCUT2D eigenvalue weighted by atomic mass is 32.2. The van der Waals surface area contributed by atoms with Crippen LogP contribution in [0.15, 0.2) is 0 Å². The molecular weight excluding hydrogens is 222 g/mol. The Kier molecular flexibility index (Phi) is 4.73. The van der Waals surface area contributed by atoms with Gasteiger partial charge in [-0.05, 0) is 6.42 Å². The molecule has 3 N–H and O–H groups in total. The maximum absolute atomic E-state index is 11.5. The Labute approximate surface area is 88.4 Å². The molecule has 6 nitrogen and oxygen atoms in total. The molecule has 0 heterocycles. The highest BCUT2D eigenvalue weighted by Gasteiger charge is 2.32. The van der Waals surface area contributed by atoms with Crippen molar-refractivity contribution in [2.24, 2.45) is 11.7 Å². The highest BCUT2D eigenvalue weighted by molar-refractivity contribution is 7.92. The zero-order valence-corrected chi connectivity index (χ0v) is 9.45. The Morgan fingerprint density at radius 1 is 1.40 bits per heavy atom. The van der Waals surface area contributed by atoms with Crippen LogP contribution in [0.4, 0.5) is 0 Å². The van der Waals surface area contributed by atoms with E-state index in [2.05, 4.69) is 0 Å². The molecule has 88 valence electrons. The van der Waals surface area contributed by atoms with Gasteiger partial charge in [0.1, 0.15) is 0 Å². The summed E-state index contributed by atoms with van der Waals surface area (Å²) in [7, 11) is -3.82. The summed E-state index contributed by atoms with van der Waals surface area (Å²) >= 11 is 0. The van der Waals surface area contributed by atoms with Gasteiger partial charge in [-0.15, -0.1) is 0 Å². The molecule has 7 heteroatoms. The Morgan fingerprint density at radius 2 is 1.87 bits per heavy atom. The van der Waals surface area contributed by atoms with Gasteiger partial charge in [0.15, 0.2) is 15.1 Å². The van der Waals surface area contributed by atoms with Crippen molar-refractivity contribution in [2.75, 3.05) is 5.75 Å². The van der Waals surface area contributed by atoms with E-state index in [1.165, 1.54) is 13.8 Å². The maximum atomic E-state index is 11.5. The minimum atomic E-state index is -3.82. The van der Waals surface area contributed by atoms with Gasteiger partial charge in [0.25, 0.3) is 0 Å². The van der Waals surface area contributed by atoms with Crippen molar-refractivity contribution in [3.05, 3.63) is 0 Å². The molecule has 0 aliphatic carbocycles. The third-order valence-corrected chi connectivity index (χ3v) is 4.41. The Bertz CT molecular complexity index is 348. The molecule has 1 amide bonds. The highest BCUT2D eigenvalue weighted by Crippen LogP contribution is 2.11. The molecule has 0 spiro atoms. The number of aliphatic carboxylic acids is 1. The van der Waals surface area contributed by atoms with E-state index in [1.54, 1.807) is 0 Å². The summed E-state index contributed by atoms with van der Waals surface area (Å²) < 4.78 is 23.1. The number of rotatable bonds is 6. The van der Waals surface area contributed by atoms with Crippen LogP contribution in [-0.4, -0.2) is 36.4 Å². The number of sulfone groups is 1. The first-order valence-electron chi connectivity index (χ1n) is 4.46. The van der Waals surface area contributed by atoms with E-state index in [9.17, 15) is 18.0 Å². The summed E-state index contributed by atoms with van der Waals surface area (Å²) in [6.07, 6.45) is -0.0247. The lowest BCUT2D eigenvalue weighted by molar-refractivity contribution is -0.136. The number of amides is 1. The fraction of sp³-hybridized carbons (Fsp3) is 0.750. The van der Waals surface area contributed by atoms with Gasteiger partial charge in [-0.2, -0.15) is 0 Å². The quantitative estimate of drug-likeness (QED) is 0.639. The van der Waals surface area contributed by atoms with E-state index in [4.69, 9.17) is 10.8 Å². The van der Waals surface area contributed by atoms with Gasteiger partial charge in [0.05, 0.1) is 5.75 Å². The van der Waals surface area contributed by atoms with E-state index < -0.39 is 38.6 Å². The van der Waals surface area contributed by atoms with Crippen LogP contribution in [0.3, 0.4) is 0 Å². The molecule has 15 heavy (non-hydrogen) atoms. The zero-order valence-electron chi connectivity index (χ0n) is 8.63. The SMILES string of the molecule is CCC(C(=O)O)S(=O)(=O)CC(C)C(N)=O. The lowest BCUT2D eigenvalue weighted by Gasteiger charge is -2.13. The van der Waals surface area contributed by atoms with E-state index in [0.29, 0.717) is 0 Å². The molecule has 0 radical (unpaired) electrons. The second kappa shape index (κ2) is 5.11. The van der Waals surface area contributed by atoms with Crippen LogP contribution >= 0.6 is 0 Å². The lowest BCUT2D eigenvalue weighted by Crippen LogP contribution is -2.36. The summed E-state index contributed by atoms with van der Waals surface area (Å²) in [4.78, 5) is 21.3. The maximum Gasteiger partial charge on any atom is 0.321 e. The Hall–Kier alpha value is -1.11. The first-order chi connectivity index (χ1) is 6.72. The third-order valence-electron chi connectivity index (χ3n) is 2.05. The van der Waals surface area contributed by atoms with Crippen LogP contribution in [-0.2, 0) is 19.4 Å². The van der Waals surface area contributed by atoms with Crippen LogP contribution in [0.5, 0.6) is 0 Å². The first kappa shape index (κ1) is 13.9. The van der Waals surface area contributed by atoms with Crippen LogP contribution in [0.2, 0.25) is 0 Å². The predicted octanol–water partition coefficient (Wildman–Crippen LogP) is -0.614. The minimum Gasteiger partial charge on any atom is -0.480 e. The number of carbonyl (C=O) groups excluding carboxylic acids is 1. The van der Waals surface area contributed by atoms with Crippen LogP contribution in [0, 0.1) is 5.92 Å². The summed E-state index contributed by atoms with van der Waals surface area (Å²) in [5.41, 5.74) is 4.91. The van der Waals surface area contributed by atoms with Crippen molar-refractivity contribution >= 4 is 21.7 Å². The molecule has 0 aromatic heterocycles. The summed E-state index contributed by atoms with van der Waals surface area (Å²) in [6.45, 7) is 2.82. The number of carboxylic acids is 1. The largest absolute Gasteiger partial charge is 0.480 e. The van der Waals surface area contributed by atoms with Crippen molar-refractivity contribution in [1.29, 1.82) is 0 Å². The van der Waals surface area contributed by atoms with Gasteiger partial charge in [-0.1, -0.05) is 13.8 Å². The molecule has 0 aliphatic rings. The van der Waals surface area contributed by atoms with Crippen LogP contribution in [0.1, 0.15) is 20.3 Å². The summed E-state index contributed by atoms with van der Waals surface area (Å²) in [5.74, 6) is -3.54. The minimum absolute atomic E-state index is 0.0247. The van der Waals surface area contributed by atoms with Crippen molar-refractivity contribution in [3.8, 4) is 0 Å². The molecular formula is C8H15NO5S. The van der Waals surface area contributed by atoms with Gasteiger partial charge in [-0.3, -0.25) is 9.59 Å². The number of carboxylic acid groups (broad SMARTS) is 1. The van der Waals surface area contributed by atoms with E-state index in [0.717, 1.165) is 0 Å². The first-order valence-corrected chi connectivity index (χ1v) is 6.17. The monoisotopic (exact) mass is 237 g/mol. The summed E-state index contributed by atoms with van der Waals surface area (Å²) in [5, 5.41) is 7.21. The predicted molar refractivity (Wildman–Crippen MR) is 53.9 cm³/mol. The Balaban J connectivity index is 4.82. The summed E-state index contributed by atoms with van der Waals surface area (Å²) in [6, 6.07) is 0. The molecule has 0 fully saturated rings. The van der Waals surface area contributed by atoms with Crippen LogP contribution < -0.4 is 5.73 Å². The number of hydrogen-bond acceptors (Lipinski definition) is 4. The molecule has 0 bridgehead atoms. The molecule has 0 saturated heterocycles. The van der Waals surface area contributed by atoms with Crippen molar-refractivity contribution < 1.29 is 23.1 Å². The Morgan fingerprint density at radius 3 is 2.13 bits per heavy atom. The second-order valence-corrected chi connectivity index (χ2v) is 5.60. The fourth-order valence-electron chi connectivity index (χ4n) is 1.13. The molecule has 0 aromatic carbocycles. The molecule has 0 aromatic rings. The molecule has 0 rings (SSSR count). The van der Waals surface area contributed by atoms with E-state index >= 15 is 0 Å². The second-order valence-electron chi connectivity index (χ2n) is 3.37. The molecule has 2 atom stereocenters. The van der Waals surface area contributed by atoms with E-state index in [-0.39, 0.29) is 6.42 Å². The van der Waals surface area contributed by atoms with Crippen molar-refractivity contribution in [3.63, 3.8) is 0 Å². The van der Waals surface area contributed by atoms with Crippen LogP contribution in [0.25, 0.3) is 0 Å². The van der Waals surface area contributed by atoms with Gasteiger partial charge in [-0.25, -0.2) is 8.42 Å². The number of nitrogens with two attached hydrogens (primary N) is 1. The number of primary amides is 1. The van der Waals surface area contributed by atoms with Crippen molar-refractivity contribution in [2.45, 2.75) is 25.5 Å².